The van der Waals surface area contributed by atoms with Gasteiger partial charge in [-0.05, 0) is 44.6 Å². The van der Waals surface area contributed by atoms with Crippen molar-refractivity contribution in [2.24, 2.45) is 5.92 Å². The van der Waals surface area contributed by atoms with E-state index in [4.69, 9.17) is 0 Å². The molecule has 0 aromatic rings. The highest BCUT2D eigenvalue weighted by Gasteiger charge is 2.43. The molecule has 0 aromatic carbocycles. The Kier molecular flexibility index (Phi) is 4.48. The van der Waals surface area contributed by atoms with Crippen LogP contribution in [0.2, 0.25) is 0 Å². The smallest absolute Gasteiger partial charge is 0.245 e. The zero-order valence-electron chi connectivity index (χ0n) is 12.9. The van der Waals surface area contributed by atoms with Crippen LogP contribution in [0.1, 0.15) is 51.9 Å². The molecule has 0 spiro atoms. The third-order valence-corrected chi connectivity index (χ3v) is 5.40. The molecule has 1 aliphatic carbocycles. The van der Waals surface area contributed by atoms with Gasteiger partial charge in [0.25, 0.3) is 0 Å². The maximum Gasteiger partial charge on any atom is 0.245 e. The summed E-state index contributed by atoms with van der Waals surface area (Å²) in [6.45, 7) is 3.42. The number of hydrogen-bond donors (Lipinski definition) is 2. The number of carbonyl (C=O) groups is 2. The molecule has 0 aromatic heterocycles. The molecule has 2 saturated heterocycles. The van der Waals surface area contributed by atoms with Gasteiger partial charge in [0.15, 0.2) is 0 Å². The Morgan fingerprint density at radius 1 is 1.10 bits per heavy atom. The van der Waals surface area contributed by atoms with Gasteiger partial charge >= 0.3 is 0 Å². The molecule has 2 aliphatic heterocycles. The number of nitrogens with zero attached hydrogens (tertiary/aromatic N) is 1. The van der Waals surface area contributed by atoms with Gasteiger partial charge in [0, 0.05) is 25.6 Å². The highest BCUT2D eigenvalue weighted by Crippen LogP contribution is 2.33. The molecule has 2 amide bonds. The second kappa shape index (κ2) is 6.34. The molecule has 5 heteroatoms. The van der Waals surface area contributed by atoms with E-state index in [1.54, 1.807) is 0 Å². The van der Waals surface area contributed by atoms with Crippen LogP contribution in [0.3, 0.4) is 0 Å². The van der Waals surface area contributed by atoms with Gasteiger partial charge in [-0.2, -0.15) is 0 Å². The molecule has 3 aliphatic rings. The molecule has 2 N–H and O–H groups in total. The Morgan fingerprint density at radius 2 is 1.81 bits per heavy atom. The summed E-state index contributed by atoms with van der Waals surface area (Å²) in [6, 6.07) is 0.393. The number of rotatable bonds is 3. The summed E-state index contributed by atoms with van der Waals surface area (Å²) in [4.78, 5) is 26.8. The van der Waals surface area contributed by atoms with Crippen molar-refractivity contribution in [1.29, 1.82) is 0 Å². The third-order valence-electron chi connectivity index (χ3n) is 5.40. The van der Waals surface area contributed by atoms with Crippen LogP contribution >= 0.6 is 0 Å². The molecule has 21 heavy (non-hydrogen) atoms. The molecule has 3 rings (SSSR count). The third kappa shape index (κ3) is 3.07. The van der Waals surface area contributed by atoms with Crippen molar-refractivity contribution in [2.45, 2.75) is 70.0 Å². The summed E-state index contributed by atoms with van der Waals surface area (Å²) in [5, 5.41) is 6.39. The fraction of sp³-hybridized carbons (Fsp3) is 0.875. The van der Waals surface area contributed by atoms with E-state index >= 15 is 0 Å². The minimum atomic E-state index is -0.300. The number of amides is 2. The second-order valence-corrected chi connectivity index (χ2v) is 6.85. The van der Waals surface area contributed by atoms with Gasteiger partial charge in [0.2, 0.25) is 11.8 Å². The Morgan fingerprint density at radius 3 is 2.52 bits per heavy atom. The number of hydrogen-bond acceptors (Lipinski definition) is 3. The lowest BCUT2D eigenvalue weighted by Gasteiger charge is -2.34. The SMILES string of the molecule is CC(=O)NC(C(=O)N1C2CCNCC1CC2)C1CCCC1. The van der Waals surface area contributed by atoms with E-state index in [2.05, 4.69) is 15.5 Å². The topological polar surface area (TPSA) is 61.4 Å². The van der Waals surface area contributed by atoms with E-state index in [0.29, 0.717) is 18.0 Å². The number of nitrogens with one attached hydrogen (secondary N) is 2. The molecule has 3 fully saturated rings. The van der Waals surface area contributed by atoms with Gasteiger partial charge in [0.05, 0.1) is 0 Å². The lowest BCUT2D eigenvalue weighted by atomic mass is 9.96. The van der Waals surface area contributed by atoms with E-state index < -0.39 is 0 Å². The minimum absolute atomic E-state index is 0.0828. The van der Waals surface area contributed by atoms with Crippen LogP contribution < -0.4 is 10.6 Å². The number of fused-ring (bicyclic) bond motifs is 2. The molecule has 2 bridgehead atoms. The summed E-state index contributed by atoms with van der Waals surface area (Å²) in [5.74, 6) is 0.422. The van der Waals surface area contributed by atoms with Crippen LogP contribution in [0.4, 0.5) is 0 Å². The van der Waals surface area contributed by atoms with E-state index in [1.807, 2.05) is 0 Å². The molecule has 118 valence electrons. The normalized spacial score (nSPS) is 31.0. The van der Waals surface area contributed by atoms with E-state index in [1.165, 1.54) is 19.8 Å². The van der Waals surface area contributed by atoms with Gasteiger partial charge < -0.3 is 15.5 Å². The zero-order valence-corrected chi connectivity index (χ0v) is 12.9. The van der Waals surface area contributed by atoms with Gasteiger partial charge in [-0.3, -0.25) is 9.59 Å². The first-order valence-electron chi connectivity index (χ1n) is 8.47. The van der Waals surface area contributed by atoms with Gasteiger partial charge in [-0.1, -0.05) is 12.8 Å². The largest absolute Gasteiger partial charge is 0.344 e. The first-order chi connectivity index (χ1) is 10.2. The maximum absolute atomic E-state index is 13.1. The summed E-state index contributed by atoms with van der Waals surface area (Å²) in [6.07, 6.45) is 7.76. The van der Waals surface area contributed by atoms with Gasteiger partial charge in [-0.15, -0.1) is 0 Å². The van der Waals surface area contributed by atoms with Gasteiger partial charge in [-0.25, -0.2) is 0 Å². The van der Waals surface area contributed by atoms with E-state index in [9.17, 15) is 9.59 Å². The second-order valence-electron chi connectivity index (χ2n) is 6.85. The van der Waals surface area contributed by atoms with Crippen LogP contribution in [0.15, 0.2) is 0 Å². The average Bonchev–Trinajstić information content (AvgIpc) is 3.02. The molecular formula is C16H27N3O2. The molecule has 2 heterocycles. The summed E-state index contributed by atoms with van der Waals surface area (Å²) in [5.41, 5.74) is 0. The Balaban J connectivity index is 1.77. The van der Waals surface area contributed by atoms with Crippen molar-refractivity contribution >= 4 is 11.8 Å². The van der Waals surface area contributed by atoms with Crippen molar-refractivity contribution < 1.29 is 9.59 Å². The monoisotopic (exact) mass is 293 g/mol. The van der Waals surface area contributed by atoms with Crippen LogP contribution in [-0.2, 0) is 9.59 Å². The Labute approximate surface area is 126 Å². The molecule has 3 atom stereocenters. The number of carbonyl (C=O) groups excluding carboxylic acids is 2. The minimum Gasteiger partial charge on any atom is -0.344 e. The molecule has 0 radical (unpaired) electrons. The lowest BCUT2D eigenvalue weighted by molar-refractivity contribution is -0.140. The molecule has 5 nitrogen and oxygen atoms in total. The predicted molar refractivity (Wildman–Crippen MR) is 80.7 cm³/mol. The van der Waals surface area contributed by atoms with Crippen molar-refractivity contribution in [3.63, 3.8) is 0 Å². The lowest BCUT2D eigenvalue weighted by Crippen LogP contribution is -2.55. The summed E-state index contributed by atoms with van der Waals surface area (Å²) in [7, 11) is 0. The fourth-order valence-corrected chi connectivity index (χ4v) is 4.39. The van der Waals surface area contributed by atoms with Crippen molar-refractivity contribution in [3.05, 3.63) is 0 Å². The first-order valence-corrected chi connectivity index (χ1v) is 8.47. The highest BCUT2D eigenvalue weighted by molar-refractivity contribution is 5.88. The Bertz CT molecular complexity index is 392. The molecular weight excluding hydrogens is 266 g/mol. The molecule has 1 saturated carbocycles. The molecule has 3 unspecified atom stereocenters. The quantitative estimate of drug-likeness (QED) is 0.817. The highest BCUT2D eigenvalue weighted by atomic mass is 16.2. The standard InChI is InChI=1S/C16H27N3O2/c1-11(20)18-15(12-4-2-3-5-12)16(21)19-13-6-7-14(19)10-17-9-8-13/h12-15,17H,2-10H2,1H3,(H,18,20). The predicted octanol–water partition coefficient (Wildman–Crippen LogP) is 1.03. The van der Waals surface area contributed by atoms with Crippen LogP contribution in [0.5, 0.6) is 0 Å². The van der Waals surface area contributed by atoms with Crippen LogP contribution in [0.25, 0.3) is 0 Å². The summed E-state index contributed by atoms with van der Waals surface area (Å²) >= 11 is 0. The van der Waals surface area contributed by atoms with E-state index in [-0.39, 0.29) is 17.9 Å². The van der Waals surface area contributed by atoms with Crippen molar-refractivity contribution in [3.8, 4) is 0 Å². The first kappa shape index (κ1) is 14.8. The van der Waals surface area contributed by atoms with E-state index in [0.717, 1.165) is 45.2 Å². The Hall–Kier alpha value is -1.10. The fourth-order valence-electron chi connectivity index (χ4n) is 4.39. The van der Waals surface area contributed by atoms with Crippen LogP contribution in [0, 0.1) is 5.92 Å². The van der Waals surface area contributed by atoms with Gasteiger partial charge in [0.1, 0.15) is 6.04 Å². The zero-order chi connectivity index (χ0) is 14.8. The summed E-state index contributed by atoms with van der Waals surface area (Å²) < 4.78 is 0. The van der Waals surface area contributed by atoms with Crippen molar-refractivity contribution in [2.75, 3.05) is 13.1 Å². The van der Waals surface area contributed by atoms with Crippen LogP contribution in [-0.4, -0.2) is 47.9 Å². The van der Waals surface area contributed by atoms with Crippen molar-refractivity contribution in [1.82, 2.24) is 15.5 Å². The average molecular weight is 293 g/mol. The maximum atomic E-state index is 13.1.